The maximum atomic E-state index is 12.0. The molecule has 0 radical (unpaired) electrons. The summed E-state index contributed by atoms with van der Waals surface area (Å²) in [4.78, 5) is 28.4. The van der Waals surface area contributed by atoms with E-state index in [9.17, 15) is 14.9 Å². The Labute approximate surface area is 156 Å². The van der Waals surface area contributed by atoms with E-state index in [2.05, 4.69) is 16.4 Å². The molecule has 1 aromatic carbocycles. The summed E-state index contributed by atoms with van der Waals surface area (Å²) in [5.74, 6) is -0.851. The molecule has 6 nitrogen and oxygen atoms in total. The van der Waals surface area contributed by atoms with E-state index in [1.807, 2.05) is 24.3 Å². The van der Waals surface area contributed by atoms with Crippen molar-refractivity contribution in [2.24, 2.45) is 0 Å². The zero-order valence-electron chi connectivity index (χ0n) is 14.5. The number of nitrogens with zero attached hydrogens (tertiary/aromatic N) is 2. The molecular weight excluding hydrogens is 350 g/mol. The van der Waals surface area contributed by atoms with E-state index in [0.717, 1.165) is 34.5 Å². The van der Waals surface area contributed by atoms with Gasteiger partial charge in [-0.3, -0.25) is 9.59 Å². The van der Waals surface area contributed by atoms with E-state index >= 15 is 0 Å². The first-order valence-corrected chi connectivity index (χ1v) is 9.64. The summed E-state index contributed by atoms with van der Waals surface area (Å²) in [7, 11) is 0. The van der Waals surface area contributed by atoms with Crippen LogP contribution in [0.5, 0.6) is 0 Å². The smallest absolute Gasteiger partial charge is 0.306 e. The standard InChI is InChI=1S/C19H21N3O3S/c20-13-19(10-4-1-5-11-19)22-16(23)12-25-18(24)9-8-17-21-14-6-2-3-7-15(14)26-17/h2-3,6-7H,1,4-5,8-12H2,(H,22,23). The van der Waals surface area contributed by atoms with E-state index < -0.39 is 17.4 Å². The molecule has 136 valence electrons. The number of para-hydroxylation sites is 1. The number of rotatable bonds is 6. The fourth-order valence-corrected chi connectivity index (χ4v) is 4.14. The Hall–Kier alpha value is -2.46. The minimum atomic E-state index is -0.803. The van der Waals surface area contributed by atoms with E-state index in [1.54, 1.807) is 11.3 Å². The maximum Gasteiger partial charge on any atom is 0.306 e. The maximum absolute atomic E-state index is 12.0. The van der Waals surface area contributed by atoms with Crippen LogP contribution in [0.4, 0.5) is 0 Å². The number of carbonyl (C=O) groups excluding carboxylic acids is 2. The Morgan fingerprint density at radius 1 is 1.27 bits per heavy atom. The van der Waals surface area contributed by atoms with Crippen molar-refractivity contribution in [3.05, 3.63) is 29.3 Å². The fourth-order valence-electron chi connectivity index (χ4n) is 3.18. The van der Waals surface area contributed by atoms with Gasteiger partial charge in [0, 0.05) is 6.42 Å². The molecule has 1 amide bonds. The number of thiazole rings is 1. The summed E-state index contributed by atoms with van der Waals surface area (Å²) in [6.07, 6.45) is 4.91. The lowest BCUT2D eigenvalue weighted by Gasteiger charge is -2.31. The molecule has 3 rings (SSSR count). The van der Waals surface area contributed by atoms with Gasteiger partial charge in [0.15, 0.2) is 6.61 Å². The van der Waals surface area contributed by atoms with Crippen LogP contribution in [-0.2, 0) is 20.7 Å². The highest BCUT2D eigenvalue weighted by Gasteiger charge is 2.33. The number of aromatic nitrogens is 1. The molecule has 0 saturated heterocycles. The highest BCUT2D eigenvalue weighted by molar-refractivity contribution is 7.18. The van der Waals surface area contributed by atoms with Crippen molar-refractivity contribution in [1.82, 2.24) is 10.3 Å². The summed E-state index contributed by atoms with van der Waals surface area (Å²) in [6, 6.07) is 10.0. The lowest BCUT2D eigenvalue weighted by atomic mass is 9.83. The minimum Gasteiger partial charge on any atom is -0.456 e. The molecule has 0 unspecified atom stereocenters. The van der Waals surface area contributed by atoms with Crippen molar-refractivity contribution in [2.45, 2.75) is 50.5 Å². The normalized spacial score (nSPS) is 16.0. The van der Waals surface area contributed by atoms with Gasteiger partial charge < -0.3 is 10.1 Å². The van der Waals surface area contributed by atoms with E-state index in [-0.39, 0.29) is 13.0 Å². The number of aryl methyl sites for hydroxylation is 1. The Morgan fingerprint density at radius 2 is 2.04 bits per heavy atom. The number of nitrogens with one attached hydrogen (secondary N) is 1. The number of amides is 1. The van der Waals surface area contributed by atoms with Gasteiger partial charge in [-0.25, -0.2) is 4.98 Å². The molecule has 1 aliphatic carbocycles. The van der Waals surface area contributed by atoms with Crippen LogP contribution >= 0.6 is 11.3 Å². The second-order valence-electron chi connectivity index (χ2n) is 6.54. The molecule has 0 bridgehead atoms. The molecular formula is C19H21N3O3S. The zero-order valence-corrected chi connectivity index (χ0v) is 15.3. The summed E-state index contributed by atoms with van der Waals surface area (Å²) in [5, 5.41) is 13.0. The first kappa shape index (κ1) is 18.3. The molecule has 1 saturated carbocycles. The van der Waals surface area contributed by atoms with Crippen molar-refractivity contribution in [2.75, 3.05) is 6.61 Å². The van der Waals surface area contributed by atoms with Crippen molar-refractivity contribution in [3.63, 3.8) is 0 Å². The molecule has 0 atom stereocenters. The quantitative estimate of drug-likeness (QED) is 0.788. The van der Waals surface area contributed by atoms with Crippen molar-refractivity contribution >= 4 is 33.4 Å². The van der Waals surface area contributed by atoms with Crippen LogP contribution < -0.4 is 5.32 Å². The number of nitriles is 1. The highest BCUT2D eigenvalue weighted by Crippen LogP contribution is 2.27. The van der Waals surface area contributed by atoms with Gasteiger partial charge in [-0.05, 0) is 25.0 Å². The molecule has 1 heterocycles. The third-order valence-electron chi connectivity index (χ3n) is 4.55. The first-order valence-electron chi connectivity index (χ1n) is 8.83. The first-order chi connectivity index (χ1) is 12.6. The Bertz CT molecular complexity index is 801. The van der Waals surface area contributed by atoms with Gasteiger partial charge in [0.2, 0.25) is 0 Å². The molecule has 1 aliphatic rings. The van der Waals surface area contributed by atoms with Gasteiger partial charge in [-0.15, -0.1) is 11.3 Å². The molecule has 0 aliphatic heterocycles. The van der Waals surface area contributed by atoms with Gasteiger partial charge in [-0.1, -0.05) is 31.4 Å². The molecule has 1 fully saturated rings. The van der Waals surface area contributed by atoms with Gasteiger partial charge >= 0.3 is 5.97 Å². The number of benzene rings is 1. The zero-order chi connectivity index (χ0) is 18.4. The summed E-state index contributed by atoms with van der Waals surface area (Å²) >= 11 is 1.56. The van der Waals surface area contributed by atoms with E-state index in [1.165, 1.54) is 0 Å². The summed E-state index contributed by atoms with van der Waals surface area (Å²) in [5.41, 5.74) is 0.123. The summed E-state index contributed by atoms with van der Waals surface area (Å²) in [6.45, 7) is -0.345. The van der Waals surface area contributed by atoms with Gasteiger partial charge in [0.1, 0.15) is 5.54 Å². The molecule has 1 N–H and O–H groups in total. The molecule has 26 heavy (non-hydrogen) atoms. The number of ether oxygens (including phenoxy) is 1. The molecule has 2 aromatic rings. The van der Waals surface area contributed by atoms with Crippen LogP contribution in [0.25, 0.3) is 10.2 Å². The number of hydrogen-bond acceptors (Lipinski definition) is 6. The monoisotopic (exact) mass is 371 g/mol. The van der Waals surface area contributed by atoms with Crippen molar-refractivity contribution in [3.8, 4) is 6.07 Å². The van der Waals surface area contributed by atoms with Crippen LogP contribution in [-0.4, -0.2) is 29.0 Å². The van der Waals surface area contributed by atoms with E-state index in [4.69, 9.17) is 4.74 Å². The largest absolute Gasteiger partial charge is 0.456 e. The predicted octanol–water partition coefficient (Wildman–Crippen LogP) is 3.11. The number of hydrogen-bond donors (Lipinski definition) is 1. The SMILES string of the molecule is N#CC1(NC(=O)COC(=O)CCc2nc3ccccc3s2)CCCCC1. The summed E-state index contributed by atoms with van der Waals surface area (Å²) < 4.78 is 6.13. The van der Waals surface area contributed by atoms with Gasteiger partial charge in [0.05, 0.1) is 27.7 Å². The fraction of sp³-hybridized carbons (Fsp3) is 0.474. The second kappa shape index (κ2) is 8.28. The topological polar surface area (TPSA) is 92.1 Å². The Balaban J connectivity index is 1.43. The Kier molecular flexibility index (Phi) is 5.84. The highest BCUT2D eigenvalue weighted by atomic mass is 32.1. The predicted molar refractivity (Wildman–Crippen MR) is 98.5 cm³/mol. The molecule has 0 spiro atoms. The molecule has 7 heteroatoms. The van der Waals surface area contributed by atoms with Gasteiger partial charge in [0.25, 0.3) is 5.91 Å². The number of carbonyl (C=O) groups is 2. The third-order valence-corrected chi connectivity index (χ3v) is 5.64. The van der Waals surface area contributed by atoms with Crippen LogP contribution in [0.3, 0.4) is 0 Å². The van der Waals surface area contributed by atoms with E-state index in [0.29, 0.717) is 19.3 Å². The van der Waals surface area contributed by atoms with Crippen molar-refractivity contribution in [1.29, 1.82) is 5.26 Å². The average Bonchev–Trinajstić information content (AvgIpc) is 3.08. The van der Waals surface area contributed by atoms with Crippen molar-refractivity contribution < 1.29 is 14.3 Å². The number of fused-ring (bicyclic) bond motifs is 1. The van der Waals surface area contributed by atoms with Crippen LogP contribution in [0.15, 0.2) is 24.3 Å². The minimum absolute atomic E-state index is 0.177. The molecule has 1 aromatic heterocycles. The Morgan fingerprint density at radius 3 is 2.77 bits per heavy atom. The third kappa shape index (κ3) is 4.58. The van der Waals surface area contributed by atoms with Crippen LogP contribution in [0.1, 0.15) is 43.5 Å². The van der Waals surface area contributed by atoms with Crippen LogP contribution in [0.2, 0.25) is 0 Å². The van der Waals surface area contributed by atoms with Gasteiger partial charge in [-0.2, -0.15) is 5.26 Å². The van der Waals surface area contributed by atoms with Crippen LogP contribution in [0, 0.1) is 11.3 Å². The average molecular weight is 371 g/mol. The number of esters is 1. The second-order valence-corrected chi connectivity index (χ2v) is 7.65. The lowest BCUT2D eigenvalue weighted by molar-refractivity contribution is -0.149. The lowest BCUT2D eigenvalue weighted by Crippen LogP contribution is -2.50.